The van der Waals surface area contributed by atoms with Gasteiger partial charge < -0.3 is 14.5 Å². The second-order valence-corrected chi connectivity index (χ2v) is 7.54. The molecule has 4 aromatic rings. The first-order valence-electron chi connectivity index (χ1n) is 10.3. The van der Waals surface area contributed by atoms with Crippen molar-refractivity contribution in [2.24, 2.45) is 0 Å². The van der Waals surface area contributed by atoms with Gasteiger partial charge in [0.2, 0.25) is 5.91 Å². The Balaban J connectivity index is 1.18. The van der Waals surface area contributed by atoms with Crippen molar-refractivity contribution < 1.29 is 9.53 Å². The highest BCUT2D eigenvalue weighted by molar-refractivity contribution is 5.95. The van der Waals surface area contributed by atoms with Crippen LogP contribution in [0.2, 0.25) is 0 Å². The van der Waals surface area contributed by atoms with Gasteiger partial charge in [-0.15, -0.1) is 0 Å². The normalized spacial score (nSPS) is 18.2. The van der Waals surface area contributed by atoms with Crippen LogP contribution in [0, 0.1) is 0 Å². The predicted molar refractivity (Wildman–Crippen MR) is 118 cm³/mol. The topological polar surface area (TPSA) is 79.7 Å². The molecule has 0 aliphatic carbocycles. The number of hydrogen-bond acceptors (Lipinski definition) is 5. The van der Waals surface area contributed by atoms with E-state index in [0.717, 1.165) is 16.9 Å². The van der Waals surface area contributed by atoms with Crippen molar-refractivity contribution in [1.29, 1.82) is 0 Å². The first-order chi connectivity index (χ1) is 15.2. The molecular weight excluding hydrogens is 390 g/mol. The van der Waals surface area contributed by atoms with E-state index in [1.807, 2.05) is 77.5 Å². The van der Waals surface area contributed by atoms with Crippen molar-refractivity contribution in [3.05, 3.63) is 96.4 Å². The van der Waals surface area contributed by atoms with E-state index in [1.165, 1.54) is 0 Å². The SMILES string of the molecule is O=C(Nc1cccc(OCc2cn3ccccc3n2)c1)C1CC(c2ccccc2)NN1. The standard InChI is InChI=1S/C24H23N5O2/c30-24(22-14-21(27-28-22)17-7-2-1-3-8-17)26-18-9-6-10-20(13-18)31-16-19-15-29-12-5-4-11-23(29)25-19/h1-13,15,21-22,27-28H,14,16H2,(H,26,30). The van der Waals surface area contributed by atoms with Gasteiger partial charge in [0.05, 0.1) is 5.69 Å². The summed E-state index contributed by atoms with van der Waals surface area (Å²) in [6.07, 6.45) is 4.58. The maximum Gasteiger partial charge on any atom is 0.242 e. The molecule has 0 radical (unpaired) electrons. The Morgan fingerprint density at radius 1 is 1.06 bits per heavy atom. The van der Waals surface area contributed by atoms with Crippen LogP contribution >= 0.6 is 0 Å². The van der Waals surface area contributed by atoms with E-state index in [4.69, 9.17) is 4.74 Å². The summed E-state index contributed by atoms with van der Waals surface area (Å²) in [6.45, 7) is 0.353. The number of ether oxygens (including phenoxy) is 1. The number of rotatable bonds is 6. The third kappa shape index (κ3) is 4.42. The molecule has 156 valence electrons. The van der Waals surface area contributed by atoms with E-state index in [0.29, 0.717) is 24.5 Å². The van der Waals surface area contributed by atoms with Gasteiger partial charge >= 0.3 is 0 Å². The average molecular weight is 413 g/mol. The highest BCUT2D eigenvalue weighted by Crippen LogP contribution is 2.24. The number of imidazole rings is 1. The van der Waals surface area contributed by atoms with E-state index < -0.39 is 0 Å². The van der Waals surface area contributed by atoms with Crippen molar-refractivity contribution in [2.45, 2.75) is 25.1 Å². The van der Waals surface area contributed by atoms with Crippen LogP contribution in [0.15, 0.2) is 85.2 Å². The summed E-state index contributed by atoms with van der Waals surface area (Å²) in [5.74, 6) is 0.595. The zero-order chi connectivity index (χ0) is 21.0. The number of carbonyl (C=O) groups excluding carboxylic acids is 1. The molecule has 7 nitrogen and oxygen atoms in total. The minimum absolute atomic E-state index is 0.0802. The molecule has 5 rings (SSSR count). The highest BCUT2D eigenvalue weighted by atomic mass is 16.5. The monoisotopic (exact) mass is 413 g/mol. The summed E-state index contributed by atoms with van der Waals surface area (Å²) in [4.78, 5) is 17.3. The molecule has 7 heteroatoms. The van der Waals surface area contributed by atoms with Crippen LogP contribution in [-0.2, 0) is 11.4 Å². The first-order valence-corrected chi connectivity index (χ1v) is 10.3. The van der Waals surface area contributed by atoms with E-state index in [1.54, 1.807) is 0 Å². The van der Waals surface area contributed by atoms with Crippen LogP contribution in [0.25, 0.3) is 5.65 Å². The van der Waals surface area contributed by atoms with Gasteiger partial charge in [-0.3, -0.25) is 4.79 Å². The lowest BCUT2D eigenvalue weighted by molar-refractivity contribution is -0.117. The number of amides is 1. The predicted octanol–water partition coefficient (Wildman–Crippen LogP) is 3.46. The summed E-state index contributed by atoms with van der Waals surface area (Å²) >= 11 is 0. The molecule has 1 aliphatic rings. The molecule has 1 saturated heterocycles. The molecule has 1 amide bonds. The molecule has 31 heavy (non-hydrogen) atoms. The second-order valence-electron chi connectivity index (χ2n) is 7.54. The first kappa shape index (κ1) is 19.3. The van der Waals surface area contributed by atoms with E-state index >= 15 is 0 Å². The van der Waals surface area contributed by atoms with Crippen molar-refractivity contribution in [3.8, 4) is 5.75 Å². The number of aromatic nitrogens is 2. The van der Waals surface area contributed by atoms with Crippen LogP contribution in [-0.4, -0.2) is 21.3 Å². The fourth-order valence-electron chi connectivity index (χ4n) is 3.74. The zero-order valence-electron chi connectivity index (χ0n) is 16.9. The zero-order valence-corrected chi connectivity index (χ0v) is 16.9. The number of hydrogen-bond donors (Lipinski definition) is 3. The van der Waals surface area contributed by atoms with E-state index in [2.05, 4.69) is 33.3 Å². The van der Waals surface area contributed by atoms with Crippen LogP contribution < -0.4 is 20.9 Å². The van der Waals surface area contributed by atoms with E-state index in [9.17, 15) is 4.79 Å². The van der Waals surface area contributed by atoms with Gasteiger partial charge in [-0.1, -0.05) is 42.5 Å². The van der Waals surface area contributed by atoms with E-state index in [-0.39, 0.29) is 18.0 Å². The Morgan fingerprint density at radius 3 is 2.81 bits per heavy atom. The summed E-state index contributed by atoms with van der Waals surface area (Å²) in [6, 6.07) is 23.2. The molecule has 1 fully saturated rings. The summed E-state index contributed by atoms with van der Waals surface area (Å²) < 4.78 is 7.85. The Labute approximate surface area is 180 Å². The molecule has 0 spiro atoms. The number of benzene rings is 2. The van der Waals surface area contributed by atoms with Crippen molar-refractivity contribution >= 4 is 17.2 Å². The maximum atomic E-state index is 12.7. The van der Waals surface area contributed by atoms with Gasteiger partial charge in [0.1, 0.15) is 24.0 Å². The molecule has 3 heterocycles. The summed E-state index contributed by atoms with van der Waals surface area (Å²) in [7, 11) is 0. The fourth-order valence-corrected chi connectivity index (χ4v) is 3.74. The van der Waals surface area contributed by atoms with Crippen LogP contribution in [0.1, 0.15) is 23.7 Å². The lowest BCUT2D eigenvalue weighted by Gasteiger charge is -2.12. The Kier molecular flexibility index (Phi) is 5.35. The molecule has 2 aromatic carbocycles. The average Bonchev–Trinajstić information content (AvgIpc) is 3.46. The van der Waals surface area contributed by atoms with Gasteiger partial charge in [0.15, 0.2) is 0 Å². The van der Waals surface area contributed by atoms with Gasteiger partial charge in [0.25, 0.3) is 0 Å². The molecule has 0 bridgehead atoms. The van der Waals surface area contributed by atoms with Crippen LogP contribution in [0.4, 0.5) is 5.69 Å². The Bertz CT molecular complexity index is 1160. The summed E-state index contributed by atoms with van der Waals surface area (Å²) in [5, 5.41) is 2.97. The maximum absolute atomic E-state index is 12.7. The van der Waals surface area contributed by atoms with Gasteiger partial charge in [-0.2, -0.15) is 0 Å². The molecule has 2 aromatic heterocycles. The number of nitrogens with zero attached hydrogens (tertiary/aromatic N) is 2. The smallest absolute Gasteiger partial charge is 0.242 e. The van der Waals surface area contributed by atoms with Crippen LogP contribution in [0.5, 0.6) is 5.75 Å². The minimum Gasteiger partial charge on any atom is -0.487 e. The van der Waals surface area contributed by atoms with Crippen molar-refractivity contribution in [2.75, 3.05) is 5.32 Å². The minimum atomic E-state index is -0.312. The van der Waals surface area contributed by atoms with Gasteiger partial charge in [0, 0.05) is 30.2 Å². The lowest BCUT2D eigenvalue weighted by Crippen LogP contribution is -2.39. The quantitative estimate of drug-likeness (QED) is 0.451. The Morgan fingerprint density at radius 2 is 1.94 bits per heavy atom. The van der Waals surface area contributed by atoms with Gasteiger partial charge in [-0.25, -0.2) is 15.8 Å². The third-order valence-corrected chi connectivity index (χ3v) is 5.32. The fraction of sp³-hybridized carbons (Fsp3) is 0.167. The summed E-state index contributed by atoms with van der Waals surface area (Å²) in [5.41, 5.74) is 9.88. The molecule has 0 saturated carbocycles. The highest BCUT2D eigenvalue weighted by Gasteiger charge is 2.30. The number of nitrogens with one attached hydrogen (secondary N) is 3. The molecular formula is C24H23N5O2. The van der Waals surface area contributed by atoms with Gasteiger partial charge in [-0.05, 0) is 36.2 Å². The number of carbonyl (C=O) groups is 1. The second kappa shape index (κ2) is 8.59. The lowest BCUT2D eigenvalue weighted by atomic mass is 10.0. The van der Waals surface area contributed by atoms with Crippen molar-refractivity contribution in [1.82, 2.24) is 20.2 Å². The number of fused-ring (bicyclic) bond motifs is 1. The number of hydrazine groups is 1. The Hall–Kier alpha value is -3.68. The number of pyridine rings is 1. The van der Waals surface area contributed by atoms with Crippen LogP contribution in [0.3, 0.4) is 0 Å². The molecule has 2 atom stereocenters. The number of anilines is 1. The molecule has 2 unspecified atom stereocenters. The molecule has 1 aliphatic heterocycles. The van der Waals surface area contributed by atoms with Crippen molar-refractivity contribution in [3.63, 3.8) is 0 Å². The third-order valence-electron chi connectivity index (χ3n) is 5.32. The molecule has 3 N–H and O–H groups in total. The largest absolute Gasteiger partial charge is 0.487 e.